The van der Waals surface area contributed by atoms with Gasteiger partial charge < -0.3 is 20.2 Å². The summed E-state index contributed by atoms with van der Waals surface area (Å²) < 4.78 is 1.80. The van der Waals surface area contributed by atoms with Crippen LogP contribution in [0.3, 0.4) is 0 Å². The number of amides is 1. The second-order valence-corrected chi connectivity index (χ2v) is 13.9. The quantitative estimate of drug-likeness (QED) is 0.322. The van der Waals surface area contributed by atoms with Crippen molar-refractivity contribution in [3.8, 4) is 17.2 Å². The summed E-state index contributed by atoms with van der Waals surface area (Å²) in [4.78, 5) is 26.2. The number of aliphatic hydroxyl groups is 1. The van der Waals surface area contributed by atoms with Gasteiger partial charge >= 0.3 is 0 Å². The van der Waals surface area contributed by atoms with Crippen molar-refractivity contribution in [3.05, 3.63) is 71.4 Å². The number of aromatic nitrogens is 4. The minimum Gasteiger partial charge on any atom is -0.390 e. The Balaban J connectivity index is 1.04. The maximum Gasteiger partial charge on any atom is 0.271 e. The van der Waals surface area contributed by atoms with E-state index in [2.05, 4.69) is 50.3 Å². The van der Waals surface area contributed by atoms with Gasteiger partial charge in [0.05, 0.1) is 39.8 Å². The number of hydrogen-bond acceptors (Lipinski definition) is 8. The number of carbonyl (C=O) groups excluding carboxylic acids is 1. The van der Waals surface area contributed by atoms with E-state index in [9.17, 15) is 15.2 Å². The van der Waals surface area contributed by atoms with Crippen LogP contribution in [-0.2, 0) is 0 Å². The van der Waals surface area contributed by atoms with Crippen LogP contribution in [0.4, 0.5) is 11.5 Å². The topological polar surface area (TPSA) is 123 Å². The fourth-order valence-corrected chi connectivity index (χ4v) is 7.64. The standard InChI is InChI=1S/C33H35ClN8O2/c1-31(19-38-30(43)28-26(34)4-3-9-36-28)7-10-40(11-8-31)27-6-5-22(14-37-27)25-12-24(16-42-29(25)23(13-35)15-39-42)41-20-33(21-41)17-32(2,44)18-33/h3-6,9,12,14-16,44H,7-8,10-11,17-21H2,1-2H3,(H,38,43). The molecule has 7 rings (SSSR count). The smallest absolute Gasteiger partial charge is 0.271 e. The van der Waals surface area contributed by atoms with Crippen molar-refractivity contribution in [2.75, 3.05) is 42.5 Å². The summed E-state index contributed by atoms with van der Waals surface area (Å²) in [6.45, 7) is 8.14. The lowest BCUT2D eigenvalue weighted by Crippen LogP contribution is -2.67. The first-order valence-corrected chi connectivity index (χ1v) is 15.4. The van der Waals surface area contributed by atoms with Crippen molar-refractivity contribution in [1.82, 2.24) is 24.9 Å². The van der Waals surface area contributed by atoms with Gasteiger partial charge in [-0.15, -0.1) is 0 Å². The second-order valence-electron chi connectivity index (χ2n) is 13.5. The fraction of sp³-hybridized carbons (Fsp3) is 0.424. The van der Waals surface area contributed by atoms with E-state index in [0.717, 1.165) is 80.0 Å². The Morgan fingerprint density at radius 1 is 1.11 bits per heavy atom. The number of carbonyl (C=O) groups is 1. The van der Waals surface area contributed by atoms with Crippen LogP contribution in [0, 0.1) is 22.2 Å². The van der Waals surface area contributed by atoms with Gasteiger partial charge in [0.1, 0.15) is 17.6 Å². The van der Waals surface area contributed by atoms with E-state index >= 15 is 0 Å². The molecule has 3 fully saturated rings. The first-order chi connectivity index (χ1) is 21.1. The summed E-state index contributed by atoms with van der Waals surface area (Å²) in [6.07, 6.45) is 10.5. The number of rotatable bonds is 6. The SMILES string of the molecule is CC1(O)CC2(CN(c3cc(-c4ccc(N5CCC(C)(CNC(=O)c6ncccc6Cl)CC5)nc4)c4c(C#N)cnn4c3)C2)C1. The highest BCUT2D eigenvalue weighted by molar-refractivity contribution is 6.33. The molecule has 44 heavy (non-hydrogen) atoms. The molecule has 1 spiro atoms. The van der Waals surface area contributed by atoms with Crippen molar-refractivity contribution in [2.45, 2.75) is 45.1 Å². The van der Waals surface area contributed by atoms with Gasteiger partial charge in [-0.05, 0) is 68.4 Å². The van der Waals surface area contributed by atoms with Gasteiger partial charge in [-0.25, -0.2) is 14.5 Å². The Kier molecular flexibility index (Phi) is 6.79. The molecule has 0 bridgehead atoms. The van der Waals surface area contributed by atoms with Gasteiger partial charge in [-0.3, -0.25) is 4.79 Å². The van der Waals surface area contributed by atoms with Crippen LogP contribution in [0.1, 0.15) is 55.6 Å². The average Bonchev–Trinajstić information content (AvgIpc) is 3.41. The molecule has 2 N–H and O–H groups in total. The van der Waals surface area contributed by atoms with E-state index in [4.69, 9.17) is 16.6 Å². The highest BCUT2D eigenvalue weighted by Crippen LogP contribution is 2.55. The first-order valence-electron chi connectivity index (χ1n) is 15.1. The summed E-state index contributed by atoms with van der Waals surface area (Å²) in [7, 11) is 0. The highest BCUT2D eigenvalue weighted by atomic mass is 35.5. The number of nitriles is 1. The normalized spacial score (nSPS) is 19.7. The molecule has 1 aliphatic carbocycles. The summed E-state index contributed by atoms with van der Waals surface area (Å²) in [5.74, 6) is 0.653. The molecule has 3 aliphatic rings. The summed E-state index contributed by atoms with van der Waals surface area (Å²) in [6, 6.07) is 11.9. The molecule has 2 saturated heterocycles. The number of halogens is 1. The number of nitrogens with one attached hydrogen (secondary N) is 1. The van der Waals surface area contributed by atoms with E-state index < -0.39 is 5.60 Å². The Morgan fingerprint density at radius 2 is 1.89 bits per heavy atom. The van der Waals surface area contributed by atoms with Crippen LogP contribution in [0.25, 0.3) is 16.6 Å². The molecule has 4 aromatic heterocycles. The molecule has 0 radical (unpaired) electrons. The molecule has 2 aliphatic heterocycles. The monoisotopic (exact) mass is 610 g/mol. The lowest BCUT2D eigenvalue weighted by molar-refractivity contribution is -0.126. The number of hydrogen-bond donors (Lipinski definition) is 2. The fourth-order valence-electron chi connectivity index (χ4n) is 7.43. The van der Waals surface area contributed by atoms with Crippen LogP contribution in [0.2, 0.25) is 5.02 Å². The van der Waals surface area contributed by atoms with E-state index in [1.807, 2.05) is 25.4 Å². The Labute approximate surface area is 261 Å². The third-order valence-electron chi connectivity index (χ3n) is 9.65. The second kappa shape index (κ2) is 10.5. The lowest BCUT2D eigenvalue weighted by Gasteiger charge is -2.62. The van der Waals surface area contributed by atoms with Crippen LogP contribution >= 0.6 is 11.6 Å². The lowest BCUT2D eigenvalue weighted by atomic mass is 9.56. The van der Waals surface area contributed by atoms with E-state index in [0.29, 0.717) is 17.1 Å². The molecular weight excluding hydrogens is 576 g/mol. The predicted octanol–water partition coefficient (Wildman–Crippen LogP) is 4.70. The summed E-state index contributed by atoms with van der Waals surface area (Å²) >= 11 is 6.14. The van der Waals surface area contributed by atoms with Gasteiger partial charge in [0.15, 0.2) is 0 Å². The summed E-state index contributed by atoms with van der Waals surface area (Å²) in [5.41, 5.74) is 4.07. The van der Waals surface area contributed by atoms with E-state index in [1.54, 1.807) is 29.0 Å². The van der Waals surface area contributed by atoms with E-state index in [-0.39, 0.29) is 22.4 Å². The molecule has 0 aromatic carbocycles. The number of piperidine rings is 1. The van der Waals surface area contributed by atoms with Crippen molar-refractivity contribution in [2.24, 2.45) is 10.8 Å². The van der Waals surface area contributed by atoms with Crippen LogP contribution in [-0.4, -0.2) is 68.9 Å². The largest absolute Gasteiger partial charge is 0.390 e. The third-order valence-corrected chi connectivity index (χ3v) is 9.95. The molecular formula is C33H35ClN8O2. The average molecular weight is 611 g/mol. The molecule has 6 heterocycles. The third kappa shape index (κ3) is 5.14. The number of nitrogens with zero attached hydrogens (tertiary/aromatic N) is 7. The van der Waals surface area contributed by atoms with Crippen molar-refractivity contribution in [3.63, 3.8) is 0 Å². The van der Waals surface area contributed by atoms with Gasteiger partial charge in [-0.1, -0.05) is 18.5 Å². The van der Waals surface area contributed by atoms with Crippen molar-refractivity contribution < 1.29 is 9.90 Å². The summed E-state index contributed by atoms with van der Waals surface area (Å²) in [5, 5.41) is 27.9. The molecule has 0 unspecified atom stereocenters. The molecule has 226 valence electrons. The zero-order chi connectivity index (χ0) is 30.7. The van der Waals surface area contributed by atoms with Crippen molar-refractivity contribution in [1.29, 1.82) is 5.26 Å². The molecule has 10 nitrogen and oxygen atoms in total. The minimum absolute atomic E-state index is 0.0418. The van der Waals surface area contributed by atoms with Gasteiger partial charge in [-0.2, -0.15) is 10.4 Å². The number of anilines is 2. The zero-order valence-electron chi connectivity index (χ0n) is 24.9. The molecule has 0 atom stereocenters. The Hall–Kier alpha value is -4.20. The Bertz CT molecular complexity index is 1770. The first kappa shape index (κ1) is 28.6. The molecule has 11 heteroatoms. The number of fused-ring (bicyclic) bond motifs is 1. The van der Waals surface area contributed by atoms with Gasteiger partial charge in [0.25, 0.3) is 5.91 Å². The highest BCUT2D eigenvalue weighted by Gasteiger charge is 2.57. The zero-order valence-corrected chi connectivity index (χ0v) is 25.7. The number of pyridine rings is 3. The Morgan fingerprint density at radius 3 is 2.55 bits per heavy atom. The molecule has 1 amide bonds. The predicted molar refractivity (Wildman–Crippen MR) is 169 cm³/mol. The van der Waals surface area contributed by atoms with Crippen LogP contribution < -0.4 is 15.1 Å². The van der Waals surface area contributed by atoms with Crippen LogP contribution in [0.15, 0.2) is 55.1 Å². The van der Waals surface area contributed by atoms with Crippen molar-refractivity contribution >= 4 is 34.5 Å². The van der Waals surface area contributed by atoms with Crippen LogP contribution in [0.5, 0.6) is 0 Å². The maximum atomic E-state index is 12.6. The van der Waals surface area contributed by atoms with Gasteiger partial charge in [0, 0.05) is 61.7 Å². The molecule has 1 saturated carbocycles. The van der Waals surface area contributed by atoms with E-state index in [1.165, 1.54) is 0 Å². The maximum absolute atomic E-state index is 12.6. The van der Waals surface area contributed by atoms with Gasteiger partial charge in [0.2, 0.25) is 0 Å². The molecule has 4 aromatic rings. The minimum atomic E-state index is -0.546.